The quantitative estimate of drug-likeness (QED) is 0.465. The van der Waals surface area contributed by atoms with Crippen molar-refractivity contribution in [2.24, 2.45) is 5.10 Å². The molecule has 0 saturated carbocycles. The predicted molar refractivity (Wildman–Crippen MR) is 86.8 cm³/mol. The summed E-state index contributed by atoms with van der Waals surface area (Å²) < 4.78 is 0.630. The van der Waals surface area contributed by atoms with Gasteiger partial charge in [-0.2, -0.15) is 5.10 Å². The molecule has 0 saturated heterocycles. The highest BCUT2D eigenvalue weighted by Gasteiger charge is 2.10. The van der Waals surface area contributed by atoms with E-state index in [1.54, 1.807) is 6.07 Å². The zero-order valence-corrected chi connectivity index (χ0v) is 13.6. The number of phenols is 1. The highest BCUT2D eigenvalue weighted by Crippen LogP contribution is 2.30. The lowest BCUT2D eigenvalue weighted by Crippen LogP contribution is -2.18. The van der Waals surface area contributed by atoms with E-state index in [-0.39, 0.29) is 22.2 Å². The Balaban J connectivity index is 2.08. The minimum absolute atomic E-state index is 0.0377. The minimum atomic E-state index is -0.656. The number of amides is 1. The number of rotatable bonds is 4. The average Bonchev–Trinajstić information content (AvgIpc) is 2.51. The first kappa shape index (κ1) is 16.8. The topological polar surface area (TPSA) is 118 Å². The smallest absolute Gasteiger partial charge is 0.289 e. The van der Waals surface area contributed by atoms with Crippen LogP contribution in [0.25, 0.3) is 0 Å². The number of halogens is 2. The molecule has 0 bridgehead atoms. The number of hydrogen-bond donors (Lipinski definition) is 2. The number of nitrogens with zero attached hydrogens (tertiary/aromatic N) is 3. The molecule has 0 unspecified atom stereocenters. The molecule has 8 nitrogen and oxygen atoms in total. The fourth-order valence-corrected chi connectivity index (χ4v) is 2.36. The van der Waals surface area contributed by atoms with Gasteiger partial charge in [0.05, 0.1) is 16.2 Å². The van der Waals surface area contributed by atoms with E-state index in [1.807, 2.05) is 0 Å². The standard InChI is InChI=1S/C13H8BrClN4O4/c14-8-3-7(12(20)10(15)4-8)5-17-18-13(21)11-2-1-9(6-16-11)19(22)23/h1-6,20H,(H,18,21)/b17-5+. The second-order valence-electron chi connectivity index (χ2n) is 4.18. The number of hydrazone groups is 1. The van der Waals surface area contributed by atoms with Gasteiger partial charge in [0.25, 0.3) is 11.6 Å². The van der Waals surface area contributed by atoms with Gasteiger partial charge in [-0.25, -0.2) is 10.4 Å². The fourth-order valence-electron chi connectivity index (χ4n) is 1.53. The lowest BCUT2D eigenvalue weighted by atomic mass is 10.2. The van der Waals surface area contributed by atoms with Crippen LogP contribution in [0.4, 0.5) is 5.69 Å². The summed E-state index contributed by atoms with van der Waals surface area (Å²) in [4.78, 5) is 25.3. The van der Waals surface area contributed by atoms with Gasteiger partial charge >= 0.3 is 0 Å². The van der Waals surface area contributed by atoms with Crippen molar-refractivity contribution in [2.45, 2.75) is 0 Å². The summed E-state index contributed by atoms with van der Waals surface area (Å²) in [6, 6.07) is 5.43. The molecular formula is C13H8BrClN4O4. The maximum Gasteiger partial charge on any atom is 0.289 e. The molecule has 0 spiro atoms. The van der Waals surface area contributed by atoms with Gasteiger partial charge in [-0.15, -0.1) is 0 Å². The number of aromatic nitrogens is 1. The number of nitro groups is 1. The molecule has 1 aromatic heterocycles. The van der Waals surface area contributed by atoms with E-state index in [0.717, 1.165) is 12.3 Å². The zero-order valence-electron chi connectivity index (χ0n) is 11.2. The fraction of sp³-hybridized carbons (Fsp3) is 0. The van der Waals surface area contributed by atoms with Gasteiger partial charge in [-0.1, -0.05) is 27.5 Å². The van der Waals surface area contributed by atoms with Gasteiger partial charge in [0, 0.05) is 16.1 Å². The molecule has 0 fully saturated rings. The molecule has 2 rings (SSSR count). The van der Waals surface area contributed by atoms with Gasteiger partial charge in [-0.05, 0) is 18.2 Å². The summed E-state index contributed by atoms with van der Waals surface area (Å²) in [7, 11) is 0. The van der Waals surface area contributed by atoms with Crippen LogP contribution in [0.1, 0.15) is 16.1 Å². The number of carbonyl (C=O) groups is 1. The Kier molecular flexibility index (Phi) is 5.24. The Morgan fingerprint density at radius 1 is 1.48 bits per heavy atom. The van der Waals surface area contributed by atoms with Gasteiger partial charge < -0.3 is 5.11 Å². The first-order valence-corrected chi connectivity index (χ1v) is 7.17. The van der Waals surface area contributed by atoms with Crippen molar-refractivity contribution in [1.29, 1.82) is 0 Å². The van der Waals surface area contributed by atoms with Crippen molar-refractivity contribution in [3.8, 4) is 5.75 Å². The molecule has 0 radical (unpaired) electrons. The normalized spacial score (nSPS) is 10.7. The van der Waals surface area contributed by atoms with Crippen LogP contribution in [0.2, 0.25) is 5.02 Å². The van der Waals surface area contributed by atoms with Gasteiger partial charge in [0.1, 0.15) is 17.6 Å². The molecule has 0 aliphatic heterocycles. The second kappa shape index (κ2) is 7.16. The predicted octanol–water partition coefficient (Wildman–Crippen LogP) is 2.88. The lowest BCUT2D eigenvalue weighted by molar-refractivity contribution is -0.385. The molecule has 2 N–H and O–H groups in total. The van der Waals surface area contributed by atoms with E-state index in [1.165, 1.54) is 18.3 Å². The SMILES string of the molecule is O=C(N/N=C/c1cc(Br)cc(Cl)c1O)c1ccc([N+](=O)[O-])cn1. The molecular weight excluding hydrogens is 392 g/mol. The molecule has 2 aromatic rings. The van der Waals surface area contributed by atoms with Crippen LogP contribution in [0.15, 0.2) is 40.0 Å². The van der Waals surface area contributed by atoms with Crippen LogP contribution in [0, 0.1) is 10.1 Å². The summed E-state index contributed by atoms with van der Waals surface area (Å²) in [5.41, 5.74) is 2.22. The number of hydrogen-bond acceptors (Lipinski definition) is 6. The molecule has 0 aliphatic rings. The average molecular weight is 400 g/mol. The molecule has 0 aliphatic carbocycles. The van der Waals surface area contributed by atoms with Crippen molar-refractivity contribution in [2.75, 3.05) is 0 Å². The van der Waals surface area contributed by atoms with Crippen molar-refractivity contribution >= 4 is 45.3 Å². The van der Waals surface area contributed by atoms with Crippen molar-refractivity contribution < 1.29 is 14.8 Å². The van der Waals surface area contributed by atoms with Gasteiger partial charge in [0.15, 0.2) is 0 Å². The summed E-state index contributed by atoms with van der Waals surface area (Å²) in [5, 5.41) is 24.1. The molecule has 0 atom stereocenters. The van der Waals surface area contributed by atoms with E-state index in [2.05, 4.69) is 31.4 Å². The van der Waals surface area contributed by atoms with Crippen LogP contribution in [-0.2, 0) is 0 Å². The molecule has 1 aromatic carbocycles. The maximum atomic E-state index is 11.8. The van der Waals surface area contributed by atoms with Crippen LogP contribution in [-0.4, -0.2) is 27.1 Å². The minimum Gasteiger partial charge on any atom is -0.506 e. The van der Waals surface area contributed by atoms with Crippen LogP contribution in [0.5, 0.6) is 5.75 Å². The Labute approximate surface area is 143 Å². The Morgan fingerprint density at radius 3 is 2.83 bits per heavy atom. The van der Waals surface area contributed by atoms with Gasteiger partial charge in [-0.3, -0.25) is 14.9 Å². The third-order valence-electron chi connectivity index (χ3n) is 2.62. The summed E-state index contributed by atoms with van der Waals surface area (Å²) in [6.45, 7) is 0. The molecule has 10 heteroatoms. The van der Waals surface area contributed by atoms with E-state index in [4.69, 9.17) is 11.6 Å². The monoisotopic (exact) mass is 398 g/mol. The number of benzene rings is 1. The third-order valence-corrected chi connectivity index (χ3v) is 3.36. The van der Waals surface area contributed by atoms with Crippen molar-refractivity contribution in [3.05, 3.63) is 61.3 Å². The Hall–Kier alpha value is -2.52. The number of phenolic OH excluding ortho intramolecular Hbond substituents is 1. The summed E-state index contributed by atoms with van der Waals surface area (Å²) >= 11 is 9.02. The molecule has 1 heterocycles. The van der Waals surface area contributed by atoms with Crippen LogP contribution >= 0.6 is 27.5 Å². The van der Waals surface area contributed by atoms with E-state index < -0.39 is 10.8 Å². The third kappa shape index (κ3) is 4.24. The highest BCUT2D eigenvalue weighted by molar-refractivity contribution is 9.10. The largest absolute Gasteiger partial charge is 0.506 e. The maximum absolute atomic E-state index is 11.8. The molecule has 118 valence electrons. The number of nitrogens with one attached hydrogen (secondary N) is 1. The zero-order chi connectivity index (χ0) is 17.0. The van der Waals surface area contributed by atoms with Crippen LogP contribution < -0.4 is 5.43 Å². The van der Waals surface area contributed by atoms with Crippen LogP contribution in [0.3, 0.4) is 0 Å². The van der Waals surface area contributed by atoms with E-state index in [9.17, 15) is 20.0 Å². The highest BCUT2D eigenvalue weighted by atomic mass is 79.9. The number of pyridine rings is 1. The molecule has 1 amide bonds. The number of aromatic hydroxyl groups is 1. The second-order valence-corrected chi connectivity index (χ2v) is 5.51. The summed E-state index contributed by atoms with van der Waals surface area (Å²) in [5.74, 6) is -0.835. The van der Waals surface area contributed by atoms with Gasteiger partial charge in [0.2, 0.25) is 0 Å². The lowest BCUT2D eigenvalue weighted by Gasteiger charge is -2.03. The van der Waals surface area contributed by atoms with Crippen molar-refractivity contribution in [3.63, 3.8) is 0 Å². The number of carbonyl (C=O) groups excluding carboxylic acids is 1. The van der Waals surface area contributed by atoms with E-state index in [0.29, 0.717) is 10.0 Å². The first-order chi connectivity index (χ1) is 10.9. The Bertz CT molecular complexity index is 795. The van der Waals surface area contributed by atoms with Crippen molar-refractivity contribution in [1.82, 2.24) is 10.4 Å². The molecule has 23 heavy (non-hydrogen) atoms. The Morgan fingerprint density at radius 2 is 2.22 bits per heavy atom. The first-order valence-electron chi connectivity index (χ1n) is 6.00. The summed E-state index contributed by atoms with van der Waals surface area (Å²) in [6.07, 6.45) is 2.17. The van der Waals surface area contributed by atoms with E-state index >= 15 is 0 Å².